The van der Waals surface area contributed by atoms with Gasteiger partial charge in [0.15, 0.2) is 5.82 Å². The highest BCUT2D eigenvalue weighted by Crippen LogP contribution is 2.30. The molecule has 0 spiro atoms. The predicted molar refractivity (Wildman–Crippen MR) is 124 cm³/mol. The Bertz CT molecular complexity index is 1000. The van der Waals surface area contributed by atoms with Gasteiger partial charge in [-0.25, -0.2) is 14.1 Å². The topological polar surface area (TPSA) is 114 Å². The normalized spacial score (nSPS) is 16.9. The van der Waals surface area contributed by atoms with E-state index in [0.29, 0.717) is 24.4 Å². The summed E-state index contributed by atoms with van der Waals surface area (Å²) >= 11 is 0. The van der Waals surface area contributed by atoms with Crippen LogP contribution in [0.15, 0.2) is 61.5 Å². The number of halogens is 1. The number of likely N-dealkylation sites (tertiary alicyclic amines) is 1. The third kappa shape index (κ3) is 7.21. The number of carbonyl (C=O) groups is 2. The maximum Gasteiger partial charge on any atom is 0.290 e. The van der Waals surface area contributed by atoms with Gasteiger partial charge < -0.3 is 15.7 Å². The van der Waals surface area contributed by atoms with E-state index in [0.717, 1.165) is 18.5 Å². The molecule has 1 aromatic heterocycles. The fourth-order valence-corrected chi connectivity index (χ4v) is 3.75. The Balaban J connectivity index is 0.00000122. The van der Waals surface area contributed by atoms with Gasteiger partial charge in [0, 0.05) is 19.0 Å². The van der Waals surface area contributed by atoms with Crippen molar-refractivity contribution >= 4 is 18.1 Å². The van der Waals surface area contributed by atoms with Gasteiger partial charge in [0.05, 0.1) is 11.7 Å². The van der Waals surface area contributed by atoms with E-state index in [9.17, 15) is 9.18 Å². The molecular weight excluding hydrogens is 425 g/mol. The Morgan fingerprint density at radius 1 is 1.42 bits per heavy atom. The number of rotatable bonds is 8. The molecule has 2 aromatic rings. The van der Waals surface area contributed by atoms with Gasteiger partial charge in [0.1, 0.15) is 12.1 Å². The summed E-state index contributed by atoms with van der Waals surface area (Å²) in [6.07, 6.45) is 11.2. The summed E-state index contributed by atoms with van der Waals surface area (Å²) in [6, 6.07) is 5.91. The maximum absolute atomic E-state index is 13.9. The highest BCUT2D eigenvalue weighted by Gasteiger charge is 2.33. The highest BCUT2D eigenvalue weighted by molar-refractivity contribution is 5.77. The molecule has 176 valence electrons. The van der Waals surface area contributed by atoms with E-state index in [1.807, 2.05) is 25.2 Å². The van der Waals surface area contributed by atoms with Crippen molar-refractivity contribution in [2.45, 2.75) is 44.7 Å². The number of benzene rings is 1. The second-order valence-electron chi connectivity index (χ2n) is 7.48. The van der Waals surface area contributed by atoms with Gasteiger partial charge in [0.2, 0.25) is 5.91 Å². The van der Waals surface area contributed by atoms with Crippen LogP contribution in [0, 0.1) is 5.82 Å². The van der Waals surface area contributed by atoms with Crippen LogP contribution in [0.1, 0.15) is 43.6 Å². The Hall–Kier alpha value is -3.59. The number of aromatic nitrogens is 3. The number of carbonyl (C=O) groups excluding carboxylic acids is 1. The largest absolute Gasteiger partial charge is 0.483 e. The van der Waals surface area contributed by atoms with Gasteiger partial charge in [-0.05, 0) is 50.0 Å². The molecule has 3 rings (SSSR count). The number of allylic oxidation sites excluding steroid dienone is 5. The van der Waals surface area contributed by atoms with Gasteiger partial charge >= 0.3 is 0 Å². The molecule has 2 atom stereocenters. The Morgan fingerprint density at radius 3 is 2.82 bits per heavy atom. The predicted octanol–water partition coefficient (Wildman–Crippen LogP) is 3.34. The number of amides is 1. The summed E-state index contributed by atoms with van der Waals surface area (Å²) in [5.41, 5.74) is 7.53. The molecule has 3 N–H and O–H groups in total. The SMILES string of the molecule is C=C/C=C(\C=C/C)n1cnc([C@@H]2CCCN2C(=O)C[C@H](N)Cc2ccccc2F)n1.O=CO. The average Bonchev–Trinajstić information content (AvgIpc) is 3.45. The van der Waals surface area contributed by atoms with Crippen LogP contribution in [0.25, 0.3) is 5.70 Å². The fraction of sp³-hybridized carbons (Fsp3) is 0.333. The van der Waals surface area contributed by atoms with Crippen molar-refractivity contribution in [1.29, 1.82) is 0 Å². The Kier molecular flexibility index (Phi) is 10.2. The third-order valence-electron chi connectivity index (χ3n) is 5.15. The van der Waals surface area contributed by atoms with Crippen LogP contribution in [0.2, 0.25) is 0 Å². The lowest BCUT2D eigenvalue weighted by atomic mass is 10.0. The maximum atomic E-state index is 13.9. The Labute approximate surface area is 192 Å². The minimum absolute atomic E-state index is 0.0481. The average molecular weight is 456 g/mol. The molecule has 1 saturated heterocycles. The molecule has 0 saturated carbocycles. The molecule has 8 nitrogen and oxygen atoms in total. The molecule has 0 bridgehead atoms. The number of nitrogens with zero attached hydrogens (tertiary/aromatic N) is 4. The van der Waals surface area contributed by atoms with Crippen LogP contribution >= 0.6 is 0 Å². The fourth-order valence-electron chi connectivity index (χ4n) is 3.75. The number of nitrogens with two attached hydrogens (primary N) is 1. The first-order valence-corrected chi connectivity index (χ1v) is 10.7. The molecule has 1 fully saturated rings. The minimum Gasteiger partial charge on any atom is -0.483 e. The second-order valence-corrected chi connectivity index (χ2v) is 7.48. The summed E-state index contributed by atoms with van der Waals surface area (Å²) in [7, 11) is 0. The highest BCUT2D eigenvalue weighted by atomic mass is 19.1. The molecule has 0 radical (unpaired) electrons. The summed E-state index contributed by atoms with van der Waals surface area (Å²) in [4.78, 5) is 27.5. The van der Waals surface area contributed by atoms with Crippen LogP contribution < -0.4 is 5.73 Å². The van der Waals surface area contributed by atoms with Crippen LogP contribution in [0.4, 0.5) is 4.39 Å². The molecule has 1 aliphatic rings. The van der Waals surface area contributed by atoms with Crippen molar-refractivity contribution in [3.8, 4) is 0 Å². The quantitative estimate of drug-likeness (QED) is 0.466. The summed E-state index contributed by atoms with van der Waals surface area (Å²) in [6.45, 7) is 6.06. The van der Waals surface area contributed by atoms with Crippen molar-refractivity contribution in [3.63, 3.8) is 0 Å². The number of hydrogen-bond acceptors (Lipinski definition) is 5. The number of hydrogen-bond donors (Lipinski definition) is 2. The standard InChI is InChI=1S/C23H28FN5O.CH2O2/c1-3-8-19(9-4-2)29-16-26-23(27-29)21-12-7-13-28(21)22(30)15-18(25)14-17-10-5-6-11-20(17)24;2-1-3/h3-6,8-11,16,18,21H,1,7,12-15,25H2,2H3;1H,(H,2,3)/b9-4-,19-8+;/t18-,21+;/m1./s1. The molecule has 9 heteroatoms. The van der Waals surface area contributed by atoms with E-state index < -0.39 is 6.04 Å². The molecule has 33 heavy (non-hydrogen) atoms. The second kappa shape index (κ2) is 13.1. The Morgan fingerprint density at radius 2 is 2.15 bits per heavy atom. The van der Waals surface area contributed by atoms with E-state index in [1.54, 1.807) is 40.2 Å². The van der Waals surface area contributed by atoms with Crippen LogP contribution in [0.3, 0.4) is 0 Å². The van der Waals surface area contributed by atoms with Crippen molar-refractivity contribution < 1.29 is 19.1 Å². The first-order chi connectivity index (χ1) is 15.9. The van der Waals surface area contributed by atoms with Crippen LogP contribution in [-0.2, 0) is 16.0 Å². The zero-order chi connectivity index (χ0) is 24.2. The van der Waals surface area contributed by atoms with Crippen molar-refractivity contribution in [3.05, 3.63) is 78.7 Å². The molecular formula is C24H30FN5O3. The summed E-state index contributed by atoms with van der Waals surface area (Å²) < 4.78 is 15.5. The van der Waals surface area contributed by atoms with E-state index >= 15 is 0 Å². The van der Waals surface area contributed by atoms with Crippen LogP contribution in [0.5, 0.6) is 0 Å². The lowest BCUT2D eigenvalue weighted by Crippen LogP contribution is -2.36. The van der Waals surface area contributed by atoms with Gasteiger partial charge in [-0.3, -0.25) is 9.59 Å². The molecule has 0 aliphatic carbocycles. The van der Waals surface area contributed by atoms with E-state index in [2.05, 4.69) is 16.7 Å². The van der Waals surface area contributed by atoms with E-state index in [1.165, 1.54) is 6.07 Å². The van der Waals surface area contributed by atoms with E-state index in [-0.39, 0.29) is 30.7 Å². The first kappa shape index (κ1) is 25.7. The van der Waals surface area contributed by atoms with Crippen molar-refractivity contribution in [2.75, 3.05) is 6.54 Å². The summed E-state index contributed by atoms with van der Waals surface area (Å²) in [5.74, 6) is 0.273. The monoisotopic (exact) mass is 455 g/mol. The van der Waals surface area contributed by atoms with Crippen LogP contribution in [-0.4, -0.2) is 49.7 Å². The lowest BCUT2D eigenvalue weighted by Gasteiger charge is -2.24. The third-order valence-corrected chi connectivity index (χ3v) is 5.15. The smallest absolute Gasteiger partial charge is 0.290 e. The van der Waals surface area contributed by atoms with Gasteiger partial charge in [-0.1, -0.05) is 36.9 Å². The zero-order valence-corrected chi connectivity index (χ0v) is 18.7. The molecule has 1 amide bonds. The van der Waals surface area contributed by atoms with Gasteiger partial charge in [-0.2, -0.15) is 0 Å². The van der Waals surface area contributed by atoms with Gasteiger partial charge in [-0.15, -0.1) is 5.10 Å². The van der Waals surface area contributed by atoms with Gasteiger partial charge in [0.25, 0.3) is 6.47 Å². The van der Waals surface area contributed by atoms with E-state index in [4.69, 9.17) is 15.6 Å². The molecule has 2 heterocycles. The van der Waals surface area contributed by atoms with Crippen molar-refractivity contribution in [2.24, 2.45) is 5.73 Å². The molecule has 0 unspecified atom stereocenters. The number of carboxylic acid groups (broad SMARTS) is 1. The molecule has 1 aliphatic heterocycles. The lowest BCUT2D eigenvalue weighted by molar-refractivity contribution is -0.132. The zero-order valence-electron chi connectivity index (χ0n) is 18.7. The first-order valence-electron chi connectivity index (χ1n) is 10.7. The molecule has 1 aromatic carbocycles. The minimum atomic E-state index is -0.446. The van der Waals surface area contributed by atoms with Crippen molar-refractivity contribution in [1.82, 2.24) is 19.7 Å². The summed E-state index contributed by atoms with van der Waals surface area (Å²) in [5, 5.41) is 11.5.